The van der Waals surface area contributed by atoms with E-state index in [1.807, 2.05) is 11.8 Å². The Morgan fingerprint density at radius 1 is 1.28 bits per heavy atom. The van der Waals surface area contributed by atoms with Crippen LogP contribution < -0.4 is 5.32 Å². The predicted octanol–water partition coefficient (Wildman–Crippen LogP) is 3.33. The lowest BCUT2D eigenvalue weighted by Gasteiger charge is -2.16. The number of hydrogen-bond acceptors (Lipinski definition) is 3. The topological polar surface area (TPSA) is 24.4 Å². The molecule has 0 saturated heterocycles. The first-order chi connectivity index (χ1) is 8.65. The Balaban J connectivity index is 1.80. The summed E-state index contributed by atoms with van der Waals surface area (Å²) in [6.45, 7) is 7.72. The smallest absolute Gasteiger partial charge is 0.157 e. The number of rotatable bonds is 4. The van der Waals surface area contributed by atoms with E-state index in [1.54, 1.807) is 0 Å². The highest BCUT2D eigenvalue weighted by Crippen LogP contribution is 2.26. The molecule has 2 atom stereocenters. The molecule has 1 aromatic carbocycles. The summed E-state index contributed by atoms with van der Waals surface area (Å²) < 4.78 is 0. The van der Waals surface area contributed by atoms with Crippen molar-refractivity contribution >= 4 is 16.9 Å². The summed E-state index contributed by atoms with van der Waals surface area (Å²) in [6.07, 6.45) is 1.05. The molecule has 2 unspecified atom stereocenters. The molecule has 1 aliphatic rings. The Kier molecular flexibility index (Phi) is 4.70. The number of nitrogens with one attached hydrogen (secondary N) is 1. The van der Waals surface area contributed by atoms with Crippen LogP contribution in [0.3, 0.4) is 0 Å². The van der Waals surface area contributed by atoms with Crippen molar-refractivity contribution in [2.24, 2.45) is 10.9 Å². The first kappa shape index (κ1) is 13.5. The van der Waals surface area contributed by atoms with Crippen LogP contribution in [0.4, 0.5) is 0 Å². The summed E-state index contributed by atoms with van der Waals surface area (Å²) in [6, 6.07) is 11.0. The second-order valence-corrected chi connectivity index (χ2v) is 6.51. The second kappa shape index (κ2) is 6.28. The monoisotopic (exact) mass is 262 g/mol. The first-order valence-electron chi connectivity index (χ1n) is 6.66. The number of aliphatic imine (C=N–C) groups is 1. The minimum absolute atomic E-state index is 0.435. The Bertz CT molecular complexity index is 400. The lowest BCUT2D eigenvalue weighted by Crippen LogP contribution is -2.32. The van der Waals surface area contributed by atoms with E-state index >= 15 is 0 Å². The van der Waals surface area contributed by atoms with Crippen LogP contribution in [0.1, 0.15) is 26.3 Å². The van der Waals surface area contributed by atoms with Crippen LogP contribution in [-0.2, 0) is 6.42 Å². The Labute approximate surface area is 114 Å². The van der Waals surface area contributed by atoms with Crippen LogP contribution in [0, 0.1) is 5.92 Å². The van der Waals surface area contributed by atoms with Crippen molar-refractivity contribution in [2.45, 2.75) is 38.5 Å². The predicted molar refractivity (Wildman–Crippen MR) is 81.3 cm³/mol. The van der Waals surface area contributed by atoms with Crippen molar-refractivity contribution in [3.8, 4) is 0 Å². The standard InChI is InChI=1S/C15H22N2S/c1-11(2)14-10-16-15(18-14)17-12(3)9-13-7-5-4-6-8-13/h4-8,11-12,14H,9-10H2,1-3H3,(H,16,17). The zero-order chi connectivity index (χ0) is 13.0. The van der Waals surface area contributed by atoms with Gasteiger partial charge in [0, 0.05) is 11.3 Å². The van der Waals surface area contributed by atoms with Crippen molar-refractivity contribution in [3.63, 3.8) is 0 Å². The van der Waals surface area contributed by atoms with E-state index in [1.165, 1.54) is 5.56 Å². The van der Waals surface area contributed by atoms with Crippen molar-refractivity contribution in [1.29, 1.82) is 0 Å². The summed E-state index contributed by atoms with van der Waals surface area (Å²) in [7, 11) is 0. The van der Waals surface area contributed by atoms with Gasteiger partial charge >= 0.3 is 0 Å². The maximum Gasteiger partial charge on any atom is 0.157 e. The van der Waals surface area contributed by atoms with Gasteiger partial charge in [-0.2, -0.15) is 0 Å². The number of hydrogen-bond donors (Lipinski definition) is 1. The molecule has 1 N–H and O–H groups in total. The minimum Gasteiger partial charge on any atom is -0.362 e. The normalized spacial score (nSPS) is 20.9. The minimum atomic E-state index is 0.435. The fraction of sp³-hybridized carbons (Fsp3) is 0.533. The third-order valence-electron chi connectivity index (χ3n) is 3.18. The quantitative estimate of drug-likeness (QED) is 0.900. The molecule has 0 amide bonds. The molecular formula is C15H22N2S. The summed E-state index contributed by atoms with van der Waals surface area (Å²) in [5.74, 6) is 0.697. The van der Waals surface area contributed by atoms with Crippen molar-refractivity contribution < 1.29 is 0 Å². The van der Waals surface area contributed by atoms with Gasteiger partial charge in [-0.3, -0.25) is 4.99 Å². The van der Waals surface area contributed by atoms with E-state index in [-0.39, 0.29) is 0 Å². The average Bonchev–Trinajstić information content (AvgIpc) is 2.78. The van der Waals surface area contributed by atoms with Crippen LogP contribution >= 0.6 is 11.8 Å². The molecule has 2 nitrogen and oxygen atoms in total. The van der Waals surface area contributed by atoms with Gasteiger partial charge in [0.15, 0.2) is 5.17 Å². The maximum absolute atomic E-state index is 4.59. The van der Waals surface area contributed by atoms with Gasteiger partial charge in [-0.1, -0.05) is 55.9 Å². The molecule has 1 aliphatic heterocycles. The molecule has 0 radical (unpaired) electrons. The molecule has 18 heavy (non-hydrogen) atoms. The summed E-state index contributed by atoms with van der Waals surface area (Å²) in [5, 5.41) is 5.30. The van der Waals surface area contributed by atoms with Gasteiger partial charge in [0.05, 0.1) is 6.54 Å². The third-order valence-corrected chi connectivity index (χ3v) is 4.64. The summed E-state index contributed by atoms with van der Waals surface area (Å²) in [5.41, 5.74) is 1.38. The molecule has 98 valence electrons. The second-order valence-electron chi connectivity index (χ2n) is 5.28. The van der Waals surface area contributed by atoms with Gasteiger partial charge in [0.25, 0.3) is 0 Å². The lowest BCUT2D eigenvalue weighted by molar-refractivity contribution is 0.620. The van der Waals surface area contributed by atoms with Gasteiger partial charge in [0.1, 0.15) is 0 Å². The van der Waals surface area contributed by atoms with Crippen molar-refractivity contribution in [2.75, 3.05) is 6.54 Å². The van der Waals surface area contributed by atoms with Crippen LogP contribution in [0.2, 0.25) is 0 Å². The van der Waals surface area contributed by atoms with E-state index in [0.717, 1.165) is 18.1 Å². The molecular weight excluding hydrogens is 240 g/mol. The van der Waals surface area contributed by atoms with Crippen LogP contribution in [0.15, 0.2) is 35.3 Å². The molecule has 1 heterocycles. The molecule has 0 fully saturated rings. The van der Waals surface area contributed by atoms with Crippen molar-refractivity contribution in [1.82, 2.24) is 5.32 Å². The van der Waals surface area contributed by atoms with E-state index in [2.05, 4.69) is 61.4 Å². The molecule has 0 spiro atoms. The van der Waals surface area contributed by atoms with Crippen LogP contribution in [0.5, 0.6) is 0 Å². The van der Waals surface area contributed by atoms with Gasteiger partial charge in [0.2, 0.25) is 0 Å². The molecule has 0 bridgehead atoms. The zero-order valence-electron chi connectivity index (χ0n) is 11.4. The third kappa shape index (κ3) is 3.77. The molecule has 2 rings (SSSR count). The van der Waals surface area contributed by atoms with E-state index < -0.39 is 0 Å². The fourth-order valence-electron chi connectivity index (χ4n) is 2.05. The number of nitrogens with zero attached hydrogens (tertiary/aromatic N) is 1. The SMILES string of the molecule is CC(Cc1ccccc1)NC1=NCC(C(C)C)S1. The number of benzene rings is 1. The molecule has 0 saturated carbocycles. The highest BCUT2D eigenvalue weighted by atomic mass is 32.2. The molecule has 0 aliphatic carbocycles. The Morgan fingerprint density at radius 2 is 2.00 bits per heavy atom. The molecule has 0 aromatic heterocycles. The van der Waals surface area contributed by atoms with Crippen molar-refractivity contribution in [3.05, 3.63) is 35.9 Å². The average molecular weight is 262 g/mol. The van der Waals surface area contributed by atoms with E-state index in [0.29, 0.717) is 17.2 Å². The van der Waals surface area contributed by atoms with E-state index in [4.69, 9.17) is 0 Å². The largest absolute Gasteiger partial charge is 0.362 e. The van der Waals surface area contributed by atoms with Gasteiger partial charge in [-0.15, -0.1) is 0 Å². The molecule has 3 heteroatoms. The zero-order valence-corrected chi connectivity index (χ0v) is 12.2. The highest BCUT2D eigenvalue weighted by molar-refractivity contribution is 8.14. The van der Waals surface area contributed by atoms with Crippen LogP contribution in [-0.4, -0.2) is 23.0 Å². The van der Waals surface area contributed by atoms with Crippen LogP contribution in [0.25, 0.3) is 0 Å². The van der Waals surface area contributed by atoms with Gasteiger partial charge in [-0.25, -0.2) is 0 Å². The van der Waals surface area contributed by atoms with Gasteiger partial charge < -0.3 is 5.32 Å². The van der Waals surface area contributed by atoms with E-state index in [9.17, 15) is 0 Å². The fourth-order valence-corrected chi connectivity index (χ4v) is 3.17. The lowest BCUT2D eigenvalue weighted by atomic mass is 10.1. The number of thioether (sulfide) groups is 1. The first-order valence-corrected chi connectivity index (χ1v) is 7.54. The molecule has 1 aromatic rings. The maximum atomic E-state index is 4.59. The number of amidine groups is 1. The summed E-state index contributed by atoms with van der Waals surface area (Å²) in [4.78, 5) is 4.59. The Hall–Kier alpha value is -0.960. The Morgan fingerprint density at radius 3 is 2.61 bits per heavy atom. The van der Waals surface area contributed by atoms with Gasteiger partial charge in [-0.05, 0) is 24.8 Å². The summed E-state index contributed by atoms with van der Waals surface area (Å²) >= 11 is 1.90. The highest BCUT2D eigenvalue weighted by Gasteiger charge is 2.23.